The van der Waals surface area contributed by atoms with Crippen LogP contribution < -0.4 is 10.5 Å². The minimum atomic E-state index is -1.67. The van der Waals surface area contributed by atoms with Crippen LogP contribution in [0.3, 0.4) is 0 Å². The summed E-state index contributed by atoms with van der Waals surface area (Å²) in [6, 6.07) is 93.0. The summed E-state index contributed by atoms with van der Waals surface area (Å²) in [7, 11) is 7.36. The zero-order valence-corrected chi connectivity index (χ0v) is 70.7. The molecule has 0 aromatic heterocycles. The van der Waals surface area contributed by atoms with E-state index in [4.69, 9.17) is 43.0 Å². The van der Waals surface area contributed by atoms with E-state index in [9.17, 15) is 63.3 Å². The number of carbonyl (C=O) groups is 10. The molecule has 14 aromatic rings. The highest BCUT2D eigenvalue weighted by molar-refractivity contribution is 8.26. The highest BCUT2D eigenvalue weighted by Crippen LogP contribution is 2.45. The van der Waals surface area contributed by atoms with E-state index in [0.717, 1.165) is 106 Å². The molecular weight excluding hydrogens is 1670 g/mol. The SMILES string of the molecule is CC(=O)Oc1ccc(C(=O)Cc2ccc3c(c2)C(=O)c2ccccc2-3)cc1.Cc1ccc(C(=O)Cl)cc1.Cc1ccc(C(=O)Cl)cc1.Cc1ccc(C(=O)O)cc1.Nc1ccc2c(c1)C(=O)c1ccccc1-2.O=C(Cc1ccc2c(c1)C(=O)c1ccccc1-2)c1ccc(O)cc1.O=C(Cc1ccc2c(c1)C(O)c1ccccc1-2)c1ccc(O)cc1.O=S(Cl)Cl. The standard InChI is InChI=1S/C23H16O4.C21H16O3.C21H14O3.C13H9NO.2C8H7ClO.C8H8O2.Cl2OS/c1-14(24)27-17-9-7-16(8-10-17)22(25)13-15-6-11-19-18-4-2-3-5-20(18)23(26)21(19)12-15;2*22-15-8-6-14(7-9-15)20(23)12-13-5-10-17-16-3-1-2-4-18(16)21(24)19(17)11-13;14-8-5-6-10-9-3-1-2-4-11(9)13(15)12(10)7-8;3*1-6-2-4-7(5-3-6)8(9)10;1-4(2)3/h2-12H,13H2,1H3;1-11,21-22,24H,12H2;1-11,22H,12H2;1-7H,14H2;2*2-5H,1H3;2-5H,1H3,(H,9,10);. The van der Waals surface area contributed by atoms with Crippen LogP contribution in [0.2, 0.25) is 0 Å². The van der Waals surface area contributed by atoms with Gasteiger partial charge in [-0.3, -0.25) is 43.2 Å². The molecule has 0 saturated carbocycles. The Kier molecular flexibility index (Phi) is 30.8. The fourth-order valence-corrected chi connectivity index (χ4v) is 14.1. The number of aliphatic hydroxyl groups is 1. The summed E-state index contributed by atoms with van der Waals surface area (Å²) >= 11 is 10.4. The summed E-state index contributed by atoms with van der Waals surface area (Å²) in [5.74, 6) is -0.631. The van der Waals surface area contributed by atoms with Crippen molar-refractivity contribution in [1.29, 1.82) is 0 Å². The number of anilines is 1. The molecule has 0 fully saturated rings. The second-order valence-corrected chi connectivity index (χ2v) is 32.0. The number of nitrogens with two attached hydrogens (primary N) is 1. The summed E-state index contributed by atoms with van der Waals surface area (Å²) in [4.78, 5) is 117. The van der Waals surface area contributed by atoms with Gasteiger partial charge in [-0.05, 0) is 250 Å². The van der Waals surface area contributed by atoms with Crippen LogP contribution in [0.5, 0.6) is 17.2 Å². The third kappa shape index (κ3) is 23.4. The number of hydrogen-bond acceptors (Lipinski definition) is 16. The van der Waals surface area contributed by atoms with E-state index in [1.807, 2.05) is 209 Å². The maximum Gasteiger partial charge on any atom is 0.335 e. The van der Waals surface area contributed by atoms with Gasteiger partial charge in [0.1, 0.15) is 23.4 Å². The number of nitrogen functional groups attached to an aromatic ring is 1. The van der Waals surface area contributed by atoms with E-state index in [1.165, 1.54) is 31.2 Å². The number of aryl methyl sites for hydroxylation is 3. The van der Waals surface area contributed by atoms with Gasteiger partial charge in [-0.1, -0.05) is 199 Å². The van der Waals surface area contributed by atoms with Crippen molar-refractivity contribution in [2.24, 2.45) is 0 Å². The monoisotopic (exact) mass is 1740 g/mol. The molecule has 0 amide bonds. The first-order valence-electron chi connectivity index (χ1n) is 38.4. The third-order valence-electron chi connectivity index (χ3n) is 20.1. The third-order valence-corrected chi connectivity index (χ3v) is 20.5. The summed E-state index contributed by atoms with van der Waals surface area (Å²) in [5.41, 5.74) is 29.0. The number of aliphatic hydroxyl groups excluding tert-OH is 1. The Bertz CT molecular complexity index is 6300. The fourth-order valence-electron chi connectivity index (χ4n) is 13.9. The highest BCUT2D eigenvalue weighted by atomic mass is 36.0. The number of phenolic OH excluding ortho intramolecular Hbond substituents is 2. The second kappa shape index (κ2) is 42.0. The molecule has 0 heterocycles. The molecule has 4 aliphatic carbocycles. The molecule has 6 N–H and O–H groups in total. The number of Topliss-reactive ketones (excluding diaryl/α,β-unsaturated/α-hetero) is 3. The zero-order chi connectivity index (χ0) is 89.0. The van der Waals surface area contributed by atoms with Crippen LogP contribution in [0.25, 0.3) is 44.5 Å². The predicted octanol–water partition coefficient (Wildman–Crippen LogP) is 22.1. The van der Waals surface area contributed by atoms with Gasteiger partial charge < -0.3 is 30.9 Å². The number of phenols is 2. The van der Waals surface area contributed by atoms with Gasteiger partial charge in [-0.25, -0.2) is 9.00 Å². The lowest BCUT2D eigenvalue weighted by Crippen LogP contribution is -2.05. The number of aromatic carboxylic acids is 1. The molecule has 1 unspecified atom stereocenters. The average Bonchev–Trinajstić information content (AvgIpc) is 1.63. The van der Waals surface area contributed by atoms with Crippen molar-refractivity contribution in [1.82, 2.24) is 0 Å². The zero-order valence-electron chi connectivity index (χ0n) is 66.9. The molecule has 18 rings (SSSR count). The van der Waals surface area contributed by atoms with Crippen molar-refractivity contribution in [3.8, 4) is 61.8 Å². The number of carboxylic acids is 1. The van der Waals surface area contributed by atoms with Gasteiger partial charge in [0.2, 0.25) is 9.23 Å². The van der Waals surface area contributed by atoms with Crippen LogP contribution in [0.1, 0.15) is 167 Å². The Labute approximate surface area is 736 Å². The summed E-state index contributed by atoms with van der Waals surface area (Å²) in [5, 5.41) is 36.8. The maximum absolute atomic E-state index is 12.6. The number of aromatic hydroxyl groups is 2. The first-order chi connectivity index (χ1) is 59.4. The number of benzene rings is 14. The number of fused-ring (bicyclic) bond motifs is 12. The Hall–Kier alpha value is -14.0. The number of hydrogen-bond donors (Lipinski definition) is 5. The number of esters is 1. The van der Waals surface area contributed by atoms with Gasteiger partial charge >= 0.3 is 11.9 Å². The first-order valence-corrected chi connectivity index (χ1v) is 42.0. The van der Waals surface area contributed by atoms with E-state index in [-0.39, 0.29) is 65.5 Å². The lowest BCUT2D eigenvalue weighted by Gasteiger charge is -2.08. The highest BCUT2D eigenvalue weighted by Gasteiger charge is 2.31. The molecule has 0 bridgehead atoms. The first kappa shape index (κ1) is 90.8. The second-order valence-electron chi connectivity index (χ2n) is 28.7. The molecule has 0 spiro atoms. The van der Waals surface area contributed by atoms with Crippen LogP contribution in [-0.2, 0) is 33.3 Å². The van der Waals surface area contributed by atoms with Crippen molar-refractivity contribution >= 4 is 117 Å². The fraction of sp³-hybridized carbons (Fsp3) is 0.0784. The molecule has 22 heteroatoms. The average molecular weight is 1750 g/mol. The molecule has 0 saturated heterocycles. The van der Waals surface area contributed by atoms with Gasteiger partial charge in [0.15, 0.2) is 34.7 Å². The Balaban J connectivity index is 0.000000144. The van der Waals surface area contributed by atoms with E-state index < -0.39 is 37.8 Å². The number of ketones is 6. The summed E-state index contributed by atoms with van der Waals surface area (Å²) in [6.07, 6.45) is 0.0482. The maximum atomic E-state index is 12.6. The summed E-state index contributed by atoms with van der Waals surface area (Å²) < 4.78 is 14.1. The molecule has 620 valence electrons. The van der Waals surface area contributed by atoms with Crippen molar-refractivity contribution in [3.63, 3.8) is 0 Å². The molecular formula is C102H77Cl4NO16S. The molecule has 1 atom stereocenters. The summed E-state index contributed by atoms with van der Waals surface area (Å²) in [6.45, 7) is 7.17. The van der Waals surface area contributed by atoms with E-state index in [1.54, 1.807) is 103 Å². The Morgan fingerprint density at radius 1 is 0.347 bits per heavy atom. The lowest BCUT2D eigenvalue weighted by molar-refractivity contribution is -0.131. The van der Waals surface area contributed by atoms with Gasteiger partial charge in [0, 0.05) is 114 Å². The quantitative estimate of drug-likeness (QED) is 0.0235. The smallest absolute Gasteiger partial charge is 0.335 e. The van der Waals surface area contributed by atoms with Crippen molar-refractivity contribution in [3.05, 3.63) is 427 Å². The van der Waals surface area contributed by atoms with Gasteiger partial charge in [0.05, 0.1) is 5.56 Å². The van der Waals surface area contributed by atoms with E-state index in [2.05, 4.69) is 21.4 Å². The van der Waals surface area contributed by atoms with Gasteiger partial charge in [-0.15, -0.1) is 0 Å². The lowest BCUT2D eigenvalue weighted by atomic mass is 9.98. The van der Waals surface area contributed by atoms with Crippen LogP contribution >= 0.6 is 44.6 Å². The number of carbonyl (C=O) groups excluding carboxylic acids is 9. The minimum Gasteiger partial charge on any atom is -0.508 e. The normalized spacial score (nSPS) is 11.8. The van der Waals surface area contributed by atoms with Crippen molar-refractivity contribution < 1.29 is 77.3 Å². The van der Waals surface area contributed by atoms with Crippen molar-refractivity contribution in [2.45, 2.75) is 53.1 Å². The Morgan fingerprint density at radius 2 is 0.629 bits per heavy atom. The number of halogens is 4. The van der Waals surface area contributed by atoms with Crippen LogP contribution in [0, 0.1) is 20.8 Å². The molecule has 4 aliphatic rings. The molecule has 0 radical (unpaired) electrons. The van der Waals surface area contributed by atoms with E-state index >= 15 is 0 Å². The van der Waals surface area contributed by atoms with Crippen LogP contribution in [0.4, 0.5) is 5.69 Å². The predicted molar refractivity (Wildman–Crippen MR) is 485 cm³/mol. The van der Waals surface area contributed by atoms with E-state index in [0.29, 0.717) is 61.5 Å². The van der Waals surface area contributed by atoms with Crippen LogP contribution in [-0.4, -0.2) is 81.8 Å². The van der Waals surface area contributed by atoms with Crippen molar-refractivity contribution in [2.75, 3.05) is 5.73 Å². The molecule has 124 heavy (non-hydrogen) atoms. The minimum absolute atomic E-state index is 0.000587. The number of ether oxygens (including phenoxy) is 1. The van der Waals surface area contributed by atoms with Gasteiger partial charge in [0.25, 0.3) is 10.5 Å². The van der Waals surface area contributed by atoms with Gasteiger partial charge in [-0.2, -0.15) is 0 Å². The molecule has 0 aliphatic heterocycles. The molecule has 14 aromatic carbocycles. The Morgan fingerprint density at radius 3 is 0.984 bits per heavy atom. The molecule has 17 nitrogen and oxygen atoms in total. The number of rotatable bonds is 13. The number of carboxylic acid groups (broad SMARTS) is 1. The van der Waals surface area contributed by atoms with Crippen LogP contribution in [0.15, 0.2) is 315 Å². The largest absolute Gasteiger partial charge is 0.508 e. The topological polar surface area (TPSA) is 304 Å².